The molecule has 2 heterocycles. The lowest BCUT2D eigenvalue weighted by molar-refractivity contribution is 0.102. The van der Waals surface area contributed by atoms with Gasteiger partial charge in [-0.15, -0.1) is 22.7 Å². The molecule has 1 aliphatic carbocycles. The average molecular weight is 413 g/mol. The molecule has 4 rings (SSSR count). The summed E-state index contributed by atoms with van der Waals surface area (Å²) < 4.78 is 5.40. The highest BCUT2D eigenvalue weighted by Gasteiger charge is 2.25. The van der Waals surface area contributed by atoms with Gasteiger partial charge in [-0.2, -0.15) is 0 Å². The summed E-state index contributed by atoms with van der Waals surface area (Å²) in [5.74, 6) is 0.614. The topological polar surface area (TPSA) is 50.4 Å². The van der Waals surface area contributed by atoms with Gasteiger partial charge in [0.1, 0.15) is 10.8 Å². The second kappa shape index (κ2) is 8.80. The summed E-state index contributed by atoms with van der Waals surface area (Å²) in [7, 11) is 1.62. The fourth-order valence-electron chi connectivity index (χ4n) is 3.62. The largest absolute Gasteiger partial charge is 0.495 e. The van der Waals surface area contributed by atoms with Crippen LogP contribution in [0.4, 0.5) is 10.7 Å². The minimum atomic E-state index is -0.0578. The first-order valence-electron chi connectivity index (χ1n) is 9.61. The molecular formula is C22H24N2O2S2. The molecule has 0 saturated carbocycles. The van der Waals surface area contributed by atoms with Gasteiger partial charge >= 0.3 is 0 Å². The quantitative estimate of drug-likeness (QED) is 0.492. The maximum atomic E-state index is 13.3. The molecule has 0 unspecified atom stereocenters. The van der Waals surface area contributed by atoms with E-state index in [9.17, 15) is 4.79 Å². The predicted octanol–water partition coefficient (Wildman–Crippen LogP) is 5.95. The lowest BCUT2D eigenvalue weighted by Crippen LogP contribution is -2.16. The molecule has 0 aliphatic heterocycles. The Labute approximate surface area is 173 Å². The Hall–Kier alpha value is -2.31. The number of hydrogen-bond acceptors (Lipinski definition) is 5. The molecule has 0 bridgehead atoms. The van der Waals surface area contributed by atoms with Crippen molar-refractivity contribution >= 4 is 39.3 Å². The maximum Gasteiger partial charge on any atom is 0.259 e. The molecule has 0 atom stereocenters. The van der Waals surface area contributed by atoms with Crippen molar-refractivity contribution in [3.05, 3.63) is 62.7 Å². The van der Waals surface area contributed by atoms with Gasteiger partial charge in [-0.05, 0) is 54.8 Å². The number of nitrogens with one attached hydrogen (secondary N) is 2. The van der Waals surface area contributed by atoms with Crippen molar-refractivity contribution < 1.29 is 9.53 Å². The van der Waals surface area contributed by atoms with Gasteiger partial charge in [-0.25, -0.2) is 0 Å². The second-order valence-electron chi connectivity index (χ2n) is 6.86. The summed E-state index contributed by atoms with van der Waals surface area (Å²) >= 11 is 3.47. The summed E-state index contributed by atoms with van der Waals surface area (Å²) in [5.41, 5.74) is 2.74. The molecule has 0 radical (unpaired) electrons. The highest BCUT2D eigenvalue weighted by molar-refractivity contribution is 7.16. The van der Waals surface area contributed by atoms with E-state index in [0.29, 0.717) is 11.4 Å². The minimum absolute atomic E-state index is 0.0578. The number of methoxy groups -OCH3 is 1. The van der Waals surface area contributed by atoms with Gasteiger partial charge in [-0.3, -0.25) is 4.79 Å². The molecule has 0 spiro atoms. The maximum absolute atomic E-state index is 13.3. The number of para-hydroxylation sites is 2. The van der Waals surface area contributed by atoms with Crippen LogP contribution in [0.15, 0.2) is 41.8 Å². The normalized spacial score (nSPS) is 13.5. The van der Waals surface area contributed by atoms with Crippen LogP contribution in [0.1, 0.15) is 44.9 Å². The third kappa shape index (κ3) is 4.08. The van der Waals surface area contributed by atoms with E-state index in [-0.39, 0.29) is 5.91 Å². The van der Waals surface area contributed by atoms with E-state index in [2.05, 4.69) is 28.1 Å². The molecule has 0 fully saturated rings. The fourth-order valence-corrected chi connectivity index (χ4v) is 5.55. The van der Waals surface area contributed by atoms with Gasteiger partial charge in [0, 0.05) is 9.75 Å². The van der Waals surface area contributed by atoms with E-state index < -0.39 is 0 Å². The Morgan fingerprint density at radius 3 is 2.79 bits per heavy atom. The van der Waals surface area contributed by atoms with Gasteiger partial charge in [0.15, 0.2) is 0 Å². The van der Waals surface area contributed by atoms with Crippen LogP contribution < -0.4 is 15.4 Å². The van der Waals surface area contributed by atoms with Crippen molar-refractivity contribution in [3.63, 3.8) is 0 Å². The first-order valence-corrected chi connectivity index (χ1v) is 11.3. The number of rotatable bonds is 6. The van der Waals surface area contributed by atoms with E-state index >= 15 is 0 Å². The summed E-state index contributed by atoms with van der Waals surface area (Å²) in [6.07, 6.45) is 5.61. The number of carbonyl (C=O) groups is 1. The molecule has 146 valence electrons. The highest BCUT2D eigenvalue weighted by Crippen LogP contribution is 2.38. The van der Waals surface area contributed by atoms with Crippen molar-refractivity contribution in [1.82, 2.24) is 0 Å². The number of benzene rings is 1. The SMILES string of the molecule is COc1ccccc1NC(=O)c1c(NCc2cccs2)sc2c1CCCCC2. The standard InChI is InChI=1S/C22H24N2O2S2/c1-26-18-11-6-5-10-17(18)24-21(25)20-16-9-3-2-4-12-19(16)28-22(20)23-14-15-8-7-13-27-15/h5-8,10-11,13,23H,2-4,9,12,14H2,1H3,(H,24,25). The first-order chi connectivity index (χ1) is 13.8. The number of thiophene rings is 2. The first kappa shape index (κ1) is 19.0. The zero-order valence-electron chi connectivity index (χ0n) is 15.9. The number of ether oxygens (including phenoxy) is 1. The predicted molar refractivity (Wildman–Crippen MR) is 118 cm³/mol. The van der Waals surface area contributed by atoms with Crippen molar-refractivity contribution in [2.24, 2.45) is 0 Å². The lowest BCUT2D eigenvalue weighted by Gasteiger charge is -2.12. The second-order valence-corrected chi connectivity index (χ2v) is 8.99. The van der Waals surface area contributed by atoms with Gasteiger partial charge in [0.05, 0.1) is 24.9 Å². The molecule has 1 amide bonds. The Morgan fingerprint density at radius 2 is 1.96 bits per heavy atom. The zero-order chi connectivity index (χ0) is 19.3. The van der Waals surface area contributed by atoms with Gasteiger partial charge in [0.25, 0.3) is 5.91 Å². The van der Waals surface area contributed by atoms with E-state index in [0.717, 1.165) is 36.4 Å². The number of amides is 1. The van der Waals surface area contributed by atoms with Crippen molar-refractivity contribution in [2.75, 3.05) is 17.7 Å². The molecule has 28 heavy (non-hydrogen) atoms. The van der Waals surface area contributed by atoms with Gasteiger partial charge in [-0.1, -0.05) is 24.6 Å². The molecule has 6 heteroatoms. The molecule has 1 aromatic carbocycles. The van der Waals surface area contributed by atoms with Crippen LogP contribution in [0.2, 0.25) is 0 Å². The summed E-state index contributed by atoms with van der Waals surface area (Å²) in [4.78, 5) is 15.9. The zero-order valence-corrected chi connectivity index (χ0v) is 17.6. The van der Waals surface area contributed by atoms with Crippen LogP contribution in [0.5, 0.6) is 5.75 Å². The van der Waals surface area contributed by atoms with Gasteiger partial charge in [0.2, 0.25) is 0 Å². The fraction of sp³-hybridized carbons (Fsp3) is 0.318. The monoisotopic (exact) mass is 412 g/mol. The number of hydrogen-bond donors (Lipinski definition) is 2. The van der Waals surface area contributed by atoms with E-state index in [1.54, 1.807) is 29.8 Å². The third-order valence-corrected chi connectivity index (χ3v) is 7.13. The Bertz CT molecular complexity index is 948. The van der Waals surface area contributed by atoms with Crippen LogP contribution in [-0.2, 0) is 19.4 Å². The smallest absolute Gasteiger partial charge is 0.259 e. The molecule has 0 saturated heterocycles. The van der Waals surface area contributed by atoms with E-state index in [4.69, 9.17) is 4.74 Å². The molecule has 4 nitrogen and oxygen atoms in total. The number of fused-ring (bicyclic) bond motifs is 1. The average Bonchev–Trinajstić information content (AvgIpc) is 3.29. The Balaban J connectivity index is 1.64. The van der Waals surface area contributed by atoms with Crippen LogP contribution in [0, 0.1) is 0 Å². The summed E-state index contributed by atoms with van der Waals surface area (Å²) in [5, 5.41) is 9.66. The van der Waals surface area contributed by atoms with Crippen LogP contribution in [0.3, 0.4) is 0 Å². The third-order valence-electron chi connectivity index (χ3n) is 5.01. The van der Waals surface area contributed by atoms with Crippen LogP contribution in [-0.4, -0.2) is 13.0 Å². The lowest BCUT2D eigenvalue weighted by atomic mass is 10.0. The number of carbonyl (C=O) groups excluding carboxylic acids is 1. The Morgan fingerprint density at radius 1 is 1.11 bits per heavy atom. The number of aryl methyl sites for hydroxylation is 1. The number of anilines is 2. The van der Waals surface area contributed by atoms with Crippen molar-refractivity contribution in [3.8, 4) is 5.75 Å². The molecule has 3 aromatic rings. The molecule has 2 N–H and O–H groups in total. The van der Waals surface area contributed by atoms with Crippen molar-refractivity contribution in [1.29, 1.82) is 0 Å². The Kier molecular flexibility index (Phi) is 5.98. The molecule has 1 aliphatic rings. The molecular weight excluding hydrogens is 388 g/mol. The minimum Gasteiger partial charge on any atom is -0.495 e. The summed E-state index contributed by atoms with van der Waals surface area (Å²) in [6, 6.07) is 11.7. The molecule has 2 aromatic heterocycles. The summed E-state index contributed by atoms with van der Waals surface area (Å²) in [6.45, 7) is 0.742. The van der Waals surface area contributed by atoms with E-state index in [1.807, 2.05) is 24.3 Å². The van der Waals surface area contributed by atoms with E-state index in [1.165, 1.54) is 28.2 Å². The highest BCUT2D eigenvalue weighted by atomic mass is 32.1. The van der Waals surface area contributed by atoms with Crippen molar-refractivity contribution in [2.45, 2.75) is 38.6 Å². The van der Waals surface area contributed by atoms with Crippen LogP contribution >= 0.6 is 22.7 Å². The van der Waals surface area contributed by atoms with Gasteiger partial charge < -0.3 is 15.4 Å². The van der Waals surface area contributed by atoms with Crippen LogP contribution in [0.25, 0.3) is 0 Å².